The Morgan fingerprint density at radius 2 is 1.83 bits per heavy atom. The van der Waals surface area contributed by atoms with E-state index in [1.807, 2.05) is 37.3 Å². The highest BCUT2D eigenvalue weighted by atomic mass is 16.6. The van der Waals surface area contributed by atoms with Crippen molar-refractivity contribution >= 4 is 29.0 Å². The summed E-state index contributed by atoms with van der Waals surface area (Å²) in [5.74, 6) is 0.741. The number of ether oxygens (including phenoxy) is 1. The van der Waals surface area contributed by atoms with Gasteiger partial charge in [0.1, 0.15) is 5.75 Å². The standard InChI is InChI=1S/C20H22N6O3/c1-2-29-16-10-8-15(9-11-16)23-19-17(26(27)28)18(21)24-20(25-19)22-13-12-14-6-4-3-5-7-14/h3-11H,2,12-13H2,1H3,(H4,21,22,23,24,25). The van der Waals surface area contributed by atoms with Crippen LogP contribution in [0.3, 0.4) is 0 Å². The average Bonchev–Trinajstić information content (AvgIpc) is 2.70. The molecule has 1 aromatic heterocycles. The van der Waals surface area contributed by atoms with Crippen molar-refractivity contribution < 1.29 is 9.66 Å². The molecule has 3 rings (SSSR count). The minimum Gasteiger partial charge on any atom is -0.494 e. The Hall–Kier alpha value is -3.88. The number of rotatable bonds is 9. The van der Waals surface area contributed by atoms with Crippen LogP contribution in [-0.2, 0) is 6.42 Å². The number of nitrogens with two attached hydrogens (primary N) is 1. The van der Waals surface area contributed by atoms with E-state index >= 15 is 0 Å². The van der Waals surface area contributed by atoms with E-state index < -0.39 is 4.92 Å². The third-order valence-corrected chi connectivity index (χ3v) is 4.06. The molecule has 0 fully saturated rings. The van der Waals surface area contributed by atoms with Gasteiger partial charge in [0, 0.05) is 12.2 Å². The zero-order valence-corrected chi connectivity index (χ0v) is 16.0. The maximum absolute atomic E-state index is 11.4. The number of anilines is 4. The predicted octanol–water partition coefficient (Wildman–Crippen LogP) is 3.76. The third kappa shape index (κ3) is 5.32. The molecular weight excluding hydrogens is 372 g/mol. The molecule has 3 aromatic rings. The molecule has 0 unspecified atom stereocenters. The molecule has 150 valence electrons. The smallest absolute Gasteiger partial charge is 0.353 e. The third-order valence-electron chi connectivity index (χ3n) is 4.06. The number of nitrogen functional groups attached to an aromatic ring is 1. The Kier molecular flexibility index (Phi) is 6.41. The van der Waals surface area contributed by atoms with Crippen molar-refractivity contribution in [1.29, 1.82) is 0 Å². The van der Waals surface area contributed by atoms with Crippen molar-refractivity contribution in [1.82, 2.24) is 9.97 Å². The first-order chi connectivity index (χ1) is 14.1. The summed E-state index contributed by atoms with van der Waals surface area (Å²) in [6, 6.07) is 16.9. The Bertz CT molecular complexity index is 964. The van der Waals surface area contributed by atoms with Gasteiger partial charge in [0.15, 0.2) is 0 Å². The van der Waals surface area contributed by atoms with E-state index in [-0.39, 0.29) is 23.3 Å². The summed E-state index contributed by atoms with van der Waals surface area (Å²) in [7, 11) is 0. The van der Waals surface area contributed by atoms with Crippen LogP contribution >= 0.6 is 0 Å². The molecule has 1 heterocycles. The molecule has 0 amide bonds. The second-order valence-electron chi connectivity index (χ2n) is 6.13. The van der Waals surface area contributed by atoms with Gasteiger partial charge in [-0.15, -0.1) is 0 Å². The van der Waals surface area contributed by atoms with Crippen molar-refractivity contribution in [3.8, 4) is 5.75 Å². The molecule has 0 aliphatic heterocycles. The second kappa shape index (κ2) is 9.36. The molecule has 0 atom stereocenters. The first kappa shape index (κ1) is 19.9. The summed E-state index contributed by atoms with van der Waals surface area (Å²) in [5, 5.41) is 17.5. The van der Waals surface area contributed by atoms with Gasteiger partial charge in [-0.25, -0.2) is 0 Å². The van der Waals surface area contributed by atoms with Crippen LogP contribution in [0.1, 0.15) is 12.5 Å². The first-order valence-electron chi connectivity index (χ1n) is 9.16. The van der Waals surface area contributed by atoms with Gasteiger partial charge in [-0.05, 0) is 43.2 Å². The molecule has 0 spiro atoms. The van der Waals surface area contributed by atoms with Crippen LogP contribution in [-0.4, -0.2) is 28.0 Å². The summed E-state index contributed by atoms with van der Waals surface area (Å²) in [4.78, 5) is 19.1. The number of nitrogens with zero attached hydrogens (tertiary/aromatic N) is 3. The molecule has 2 aromatic carbocycles. The van der Waals surface area contributed by atoms with Crippen LogP contribution in [0.25, 0.3) is 0 Å². The topological polar surface area (TPSA) is 128 Å². The minimum absolute atomic E-state index is 0.0221. The highest BCUT2D eigenvalue weighted by molar-refractivity contribution is 5.74. The van der Waals surface area contributed by atoms with Gasteiger partial charge in [0.25, 0.3) is 0 Å². The van der Waals surface area contributed by atoms with Gasteiger partial charge in [-0.3, -0.25) is 10.1 Å². The molecule has 0 bridgehead atoms. The molecule has 4 N–H and O–H groups in total. The Morgan fingerprint density at radius 3 is 2.48 bits per heavy atom. The maximum Gasteiger partial charge on any atom is 0.353 e. The second-order valence-corrected chi connectivity index (χ2v) is 6.13. The van der Waals surface area contributed by atoms with Gasteiger partial charge in [-0.2, -0.15) is 9.97 Å². The van der Waals surface area contributed by atoms with E-state index in [0.717, 1.165) is 12.0 Å². The quantitative estimate of drug-likeness (QED) is 0.370. The zero-order chi connectivity index (χ0) is 20.6. The molecule has 0 saturated heterocycles. The number of benzene rings is 2. The van der Waals surface area contributed by atoms with Crippen LogP contribution in [0.2, 0.25) is 0 Å². The zero-order valence-electron chi connectivity index (χ0n) is 16.0. The van der Waals surface area contributed by atoms with Crippen molar-refractivity contribution in [2.45, 2.75) is 13.3 Å². The van der Waals surface area contributed by atoms with Gasteiger partial charge in [0.2, 0.25) is 17.6 Å². The summed E-state index contributed by atoms with van der Waals surface area (Å²) in [6.07, 6.45) is 0.753. The van der Waals surface area contributed by atoms with Gasteiger partial charge in [-0.1, -0.05) is 30.3 Å². The van der Waals surface area contributed by atoms with Crippen LogP contribution in [0.5, 0.6) is 5.75 Å². The lowest BCUT2D eigenvalue weighted by molar-refractivity contribution is -0.383. The number of hydrogen-bond donors (Lipinski definition) is 3. The average molecular weight is 394 g/mol. The summed E-state index contributed by atoms with van der Waals surface area (Å²) in [6.45, 7) is 3.01. The Morgan fingerprint density at radius 1 is 1.10 bits per heavy atom. The minimum atomic E-state index is -0.597. The first-order valence-corrected chi connectivity index (χ1v) is 9.16. The fraction of sp³-hybridized carbons (Fsp3) is 0.200. The van der Waals surface area contributed by atoms with Crippen molar-refractivity contribution in [2.75, 3.05) is 29.5 Å². The van der Waals surface area contributed by atoms with Crippen LogP contribution in [0.15, 0.2) is 54.6 Å². The van der Waals surface area contributed by atoms with E-state index in [2.05, 4.69) is 20.6 Å². The summed E-state index contributed by atoms with van der Waals surface area (Å²) in [5.41, 5.74) is 7.23. The molecule has 0 saturated carbocycles. The van der Waals surface area contributed by atoms with E-state index in [4.69, 9.17) is 10.5 Å². The highest BCUT2D eigenvalue weighted by Gasteiger charge is 2.23. The predicted molar refractivity (Wildman–Crippen MR) is 113 cm³/mol. The number of nitro groups is 1. The van der Waals surface area contributed by atoms with Gasteiger partial charge in [0.05, 0.1) is 11.5 Å². The SMILES string of the molecule is CCOc1ccc(Nc2nc(NCCc3ccccc3)nc(N)c2[N+](=O)[O-])cc1. The molecule has 9 nitrogen and oxygen atoms in total. The van der Waals surface area contributed by atoms with E-state index in [1.54, 1.807) is 24.3 Å². The van der Waals surface area contributed by atoms with E-state index in [9.17, 15) is 10.1 Å². The highest BCUT2D eigenvalue weighted by Crippen LogP contribution is 2.31. The lowest BCUT2D eigenvalue weighted by Gasteiger charge is -2.11. The normalized spacial score (nSPS) is 10.4. The molecule has 0 aliphatic carbocycles. The number of aromatic nitrogens is 2. The van der Waals surface area contributed by atoms with Crippen LogP contribution in [0, 0.1) is 10.1 Å². The van der Waals surface area contributed by atoms with Crippen molar-refractivity contribution in [3.63, 3.8) is 0 Å². The fourth-order valence-electron chi connectivity index (χ4n) is 2.72. The van der Waals surface area contributed by atoms with Crippen LogP contribution in [0.4, 0.5) is 29.0 Å². The number of hydrogen-bond acceptors (Lipinski definition) is 8. The maximum atomic E-state index is 11.4. The summed E-state index contributed by atoms with van der Waals surface area (Å²) < 4.78 is 5.40. The van der Waals surface area contributed by atoms with Gasteiger partial charge < -0.3 is 21.1 Å². The molecule has 29 heavy (non-hydrogen) atoms. The summed E-state index contributed by atoms with van der Waals surface area (Å²) >= 11 is 0. The van der Waals surface area contributed by atoms with Crippen molar-refractivity contribution in [3.05, 3.63) is 70.3 Å². The lowest BCUT2D eigenvalue weighted by Crippen LogP contribution is -2.12. The van der Waals surface area contributed by atoms with E-state index in [0.29, 0.717) is 24.6 Å². The van der Waals surface area contributed by atoms with Crippen molar-refractivity contribution in [2.24, 2.45) is 0 Å². The number of nitrogens with one attached hydrogen (secondary N) is 2. The largest absolute Gasteiger partial charge is 0.494 e. The van der Waals surface area contributed by atoms with E-state index in [1.165, 1.54) is 0 Å². The fourth-order valence-corrected chi connectivity index (χ4v) is 2.72. The molecule has 9 heteroatoms. The van der Waals surface area contributed by atoms with Gasteiger partial charge >= 0.3 is 5.69 Å². The Labute approximate surface area is 168 Å². The molecule has 0 radical (unpaired) electrons. The monoisotopic (exact) mass is 394 g/mol. The van der Waals surface area contributed by atoms with Crippen LogP contribution < -0.4 is 21.1 Å². The molecule has 0 aliphatic rings. The molecular formula is C20H22N6O3. The Balaban J connectivity index is 1.77. The lowest BCUT2D eigenvalue weighted by atomic mass is 10.1.